The van der Waals surface area contributed by atoms with Gasteiger partial charge in [0, 0.05) is 0 Å². The molecular formula is C3H14Ca2O9P2. The Hall–Kier alpha value is 2.70. The standard InChI is InChI=1S/C3H10O9P2.2Ca.4H/c4-1-3(5)2-11-14(9,10)12-13(6,7)8;;;;;;/h3-5H,1-2H2,(H,9,10)(H2,6,7,8);;;;;;/q;2*+2;4*-1. The Bertz CT molecular complexity index is 280. The van der Waals surface area contributed by atoms with Crippen LogP contribution in [0.25, 0.3) is 0 Å². The third-order valence-electron chi connectivity index (χ3n) is 0.850. The first-order chi connectivity index (χ1) is 6.16. The molecule has 0 aromatic rings. The summed E-state index contributed by atoms with van der Waals surface area (Å²) < 4.78 is 28.1. The summed E-state index contributed by atoms with van der Waals surface area (Å²) in [7, 11) is -10.1. The molecule has 5 N–H and O–H groups in total. The number of hydrogen-bond donors (Lipinski definition) is 5. The van der Waals surface area contributed by atoms with Crippen LogP contribution in [0, 0.1) is 0 Å². The van der Waals surface area contributed by atoms with E-state index in [2.05, 4.69) is 8.83 Å². The molecule has 9 nitrogen and oxygen atoms in total. The van der Waals surface area contributed by atoms with Gasteiger partial charge in [-0.2, -0.15) is 4.31 Å². The Balaban J connectivity index is -0.0000000563. The summed E-state index contributed by atoms with van der Waals surface area (Å²) in [6.45, 7) is -1.51. The molecule has 0 aliphatic heterocycles. The van der Waals surface area contributed by atoms with Crippen LogP contribution in [0.5, 0.6) is 0 Å². The molecule has 0 aromatic carbocycles. The molecule has 0 saturated heterocycles. The maximum absolute atomic E-state index is 10.7. The molecule has 94 valence electrons. The van der Waals surface area contributed by atoms with Gasteiger partial charge in [0.25, 0.3) is 0 Å². The number of phosphoric ester groups is 1. The van der Waals surface area contributed by atoms with Crippen LogP contribution in [0.4, 0.5) is 0 Å². The third kappa shape index (κ3) is 14.8. The largest absolute Gasteiger partial charge is 2.00 e. The third-order valence-corrected chi connectivity index (χ3v) is 3.00. The van der Waals surface area contributed by atoms with Crippen LogP contribution in [-0.2, 0) is 18.0 Å². The molecule has 13 heteroatoms. The fourth-order valence-corrected chi connectivity index (χ4v) is 2.02. The molecule has 0 heterocycles. The zero-order valence-corrected chi connectivity index (χ0v) is 14.4. The molecule has 0 bridgehead atoms. The smallest absolute Gasteiger partial charge is 1.00 e. The van der Waals surface area contributed by atoms with Crippen molar-refractivity contribution in [1.29, 1.82) is 0 Å². The summed E-state index contributed by atoms with van der Waals surface area (Å²) in [5, 5.41) is 16.9. The molecule has 0 saturated carbocycles. The fraction of sp³-hybridized carbons (Fsp3) is 1.00. The summed E-state index contributed by atoms with van der Waals surface area (Å²) in [6, 6.07) is 0. The number of hydrogen-bond acceptors (Lipinski definition) is 6. The quantitative estimate of drug-likeness (QED) is 0.281. The molecule has 0 radical (unpaired) electrons. The topological polar surface area (TPSA) is 154 Å². The summed E-state index contributed by atoms with van der Waals surface area (Å²) in [5.41, 5.74) is 0. The van der Waals surface area contributed by atoms with Crippen molar-refractivity contribution in [2.75, 3.05) is 13.2 Å². The van der Waals surface area contributed by atoms with Crippen molar-refractivity contribution in [3.05, 3.63) is 0 Å². The molecule has 0 fully saturated rings. The van der Waals surface area contributed by atoms with E-state index >= 15 is 0 Å². The van der Waals surface area contributed by atoms with Crippen LogP contribution in [0.2, 0.25) is 0 Å². The predicted octanol–water partition coefficient (Wildman–Crippen LogP) is -1.75. The average molecular weight is 336 g/mol. The fourth-order valence-electron chi connectivity index (χ4n) is 0.391. The number of aliphatic hydroxyl groups excluding tert-OH is 2. The molecule has 0 rings (SSSR count). The Labute approximate surface area is 157 Å². The van der Waals surface area contributed by atoms with Crippen LogP contribution in [0.3, 0.4) is 0 Å². The second-order valence-corrected chi connectivity index (χ2v) is 5.00. The Morgan fingerprint density at radius 3 is 1.94 bits per heavy atom. The summed E-state index contributed by atoms with van der Waals surface area (Å²) in [6.07, 6.45) is -1.43. The van der Waals surface area contributed by atoms with E-state index in [1.807, 2.05) is 0 Å². The zero-order valence-electron chi connectivity index (χ0n) is 12.2. The molecule has 0 aliphatic carbocycles. The van der Waals surface area contributed by atoms with E-state index in [9.17, 15) is 9.13 Å². The van der Waals surface area contributed by atoms with Gasteiger partial charge in [-0.25, -0.2) is 9.13 Å². The van der Waals surface area contributed by atoms with E-state index in [0.717, 1.165) is 0 Å². The number of phosphoric acid groups is 2. The first kappa shape index (κ1) is 23.8. The van der Waals surface area contributed by atoms with Gasteiger partial charge >= 0.3 is 91.1 Å². The molecule has 2 atom stereocenters. The van der Waals surface area contributed by atoms with E-state index in [4.69, 9.17) is 24.9 Å². The van der Waals surface area contributed by atoms with Crippen molar-refractivity contribution in [3.63, 3.8) is 0 Å². The molecule has 0 spiro atoms. The molecule has 0 aromatic heterocycles. The molecule has 0 aliphatic rings. The number of aliphatic hydroxyl groups is 2. The van der Waals surface area contributed by atoms with E-state index in [1.54, 1.807) is 0 Å². The normalized spacial score (nSPS) is 16.6. The van der Waals surface area contributed by atoms with Crippen LogP contribution in [0.15, 0.2) is 0 Å². The second kappa shape index (κ2) is 10.5. The SMILES string of the molecule is O=P(O)(O)OP(=O)(O)OCC(O)CO.[Ca+2].[Ca+2].[H-].[H-].[H-].[H-]. The van der Waals surface area contributed by atoms with Crippen molar-refractivity contribution in [3.8, 4) is 0 Å². The Kier molecular flexibility index (Phi) is 15.6. The maximum atomic E-state index is 10.7. The van der Waals surface area contributed by atoms with Gasteiger partial charge in [0.1, 0.15) is 6.10 Å². The second-order valence-electron chi connectivity index (χ2n) is 2.17. The van der Waals surface area contributed by atoms with Crippen molar-refractivity contribution in [2.24, 2.45) is 0 Å². The monoisotopic (exact) mass is 336 g/mol. The van der Waals surface area contributed by atoms with Crippen LogP contribution in [0.1, 0.15) is 5.71 Å². The first-order valence-corrected chi connectivity index (χ1v) is 6.22. The number of rotatable bonds is 6. The molecule has 16 heavy (non-hydrogen) atoms. The van der Waals surface area contributed by atoms with Gasteiger partial charge in [-0.15, -0.1) is 0 Å². The minimum absolute atomic E-state index is 0. The van der Waals surface area contributed by atoms with Crippen LogP contribution in [-0.4, -0.2) is 120 Å². The predicted molar refractivity (Wildman–Crippen MR) is 58.0 cm³/mol. The van der Waals surface area contributed by atoms with Gasteiger partial charge < -0.3 is 30.6 Å². The van der Waals surface area contributed by atoms with Gasteiger partial charge in [0.15, 0.2) is 0 Å². The van der Waals surface area contributed by atoms with E-state index in [-0.39, 0.29) is 81.2 Å². The van der Waals surface area contributed by atoms with Gasteiger partial charge in [0.05, 0.1) is 13.2 Å². The van der Waals surface area contributed by atoms with Gasteiger partial charge in [-0.05, 0) is 0 Å². The van der Waals surface area contributed by atoms with E-state index < -0.39 is 35.0 Å². The van der Waals surface area contributed by atoms with Crippen LogP contribution < -0.4 is 0 Å². The zero-order chi connectivity index (χ0) is 11.4. The summed E-state index contributed by atoms with van der Waals surface area (Å²) in [4.78, 5) is 24.9. The minimum atomic E-state index is -5.14. The molecule has 2 unspecified atom stereocenters. The van der Waals surface area contributed by atoms with Crippen LogP contribution >= 0.6 is 15.6 Å². The van der Waals surface area contributed by atoms with Crippen molar-refractivity contribution < 1.29 is 48.6 Å². The minimum Gasteiger partial charge on any atom is -1.00 e. The summed E-state index contributed by atoms with van der Waals surface area (Å²) >= 11 is 0. The van der Waals surface area contributed by atoms with E-state index in [1.165, 1.54) is 0 Å². The molecular weight excluding hydrogens is 322 g/mol. The van der Waals surface area contributed by atoms with E-state index in [0.29, 0.717) is 0 Å². The van der Waals surface area contributed by atoms with Crippen molar-refractivity contribution in [1.82, 2.24) is 0 Å². The average Bonchev–Trinajstić information content (AvgIpc) is 1.96. The maximum Gasteiger partial charge on any atom is 2.00 e. The van der Waals surface area contributed by atoms with Crippen molar-refractivity contribution in [2.45, 2.75) is 6.10 Å². The van der Waals surface area contributed by atoms with Gasteiger partial charge in [-0.1, -0.05) is 0 Å². The van der Waals surface area contributed by atoms with Gasteiger partial charge in [-0.3, -0.25) is 4.52 Å². The Morgan fingerprint density at radius 2 is 1.62 bits per heavy atom. The summed E-state index contributed by atoms with van der Waals surface area (Å²) in [5.74, 6) is 0. The molecule has 0 amide bonds. The Morgan fingerprint density at radius 1 is 1.19 bits per heavy atom. The first-order valence-electron chi connectivity index (χ1n) is 3.19. The van der Waals surface area contributed by atoms with Gasteiger partial charge in [0.2, 0.25) is 0 Å². The van der Waals surface area contributed by atoms with Crippen molar-refractivity contribution >= 4 is 91.1 Å².